The summed E-state index contributed by atoms with van der Waals surface area (Å²) < 4.78 is 20.8. The van der Waals surface area contributed by atoms with Gasteiger partial charge in [0.05, 0.1) is 26.9 Å². The highest BCUT2D eigenvalue weighted by molar-refractivity contribution is 5.89. The van der Waals surface area contributed by atoms with Gasteiger partial charge in [-0.05, 0) is 42.0 Å². The van der Waals surface area contributed by atoms with Crippen LogP contribution in [-0.2, 0) is 11.3 Å². The van der Waals surface area contributed by atoms with Crippen LogP contribution in [0.25, 0.3) is 0 Å². The van der Waals surface area contributed by atoms with Gasteiger partial charge < -0.3 is 18.9 Å². The Hall–Kier alpha value is -2.69. The van der Waals surface area contributed by atoms with Crippen molar-refractivity contribution in [1.82, 2.24) is 0 Å². The van der Waals surface area contributed by atoms with E-state index >= 15 is 0 Å². The van der Waals surface area contributed by atoms with Crippen LogP contribution < -0.4 is 14.2 Å². The Morgan fingerprint density at radius 3 is 2.18 bits per heavy atom. The molecule has 0 fully saturated rings. The number of ether oxygens (including phenoxy) is 4. The highest BCUT2D eigenvalue weighted by Crippen LogP contribution is 2.28. The Morgan fingerprint density at radius 2 is 1.59 bits per heavy atom. The van der Waals surface area contributed by atoms with Crippen molar-refractivity contribution in [3.05, 3.63) is 53.6 Å². The summed E-state index contributed by atoms with van der Waals surface area (Å²) in [5.41, 5.74) is 1.44. The second kappa shape index (κ2) is 7.36. The molecule has 0 aliphatic heterocycles. The second-order valence-electron chi connectivity index (χ2n) is 4.49. The number of carbonyl (C=O) groups excluding carboxylic acids is 1. The first-order valence-electron chi connectivity index (χ1n) is 6.70. The molecule has 0 aromatic heterocycles. The maximum Gasteiger partial charge on any atom is 0.337 e. The lowest BCUT2D eigenvalue weighted by atomic mass is 10.2. The summed E-state index contributed by atoms with van der Waals surface area (Å²) in [7, 11) is 4.54. The fourth-order valence-electron chi connectivity index (χ4n) is 1.94. The monoisotopic (exact) mass is 302 g/mol. The molecule has 0 radical (unpaired) electrons. The van der Waals surface area contributed by atoms with Gasteiger partial charge in [0.1, 0.15) is 12.4 Å². The van der Waals surface area contributed by atoms with Crippen molar-refractivity contribution in [2.24, 2.45) is 0 Å². The Labute approximate surface area is 129 Å². The minimum atomic E-state index is -0.369. The molecule has 22 heavy (non-hydrogen) atoms. The lowest BCUT2D eigenvalue weighted by molar-refractivity contribution is 0.0600. The van der Waals surface area contributed by atoms with E-state index in [-0.39, 0.29) is 5.97 Å². The number of rotatable bonds is 6. The van der Waals surface area contributed by atoms with E-state index < -0.39 is 0 Å². The summed E-state index contributed by atoms with van der Waals surface area (Å²) in [6.07, 6.45) is 0. The molecule has 116 valence electrons. The molecule has 0 unspecified atom stereocenters. The number of esters is 1. The summed E-state index contributed by atoms with van der Waals surface area (Å²) in [5, 5.41) is 0. The van der Waals surface area contributed by atoms with Gasteiger partial charge in [0.15, 0.2) is 11.5 Å². The summed E-state index contributed by atoms with van der Waals surface area (Å²) >= 11 is 0. The largest absolute Gasteiger partial charge is 0.493 e. The molecule has 0 saturated heterocycles. The topological polar surface area (TPSA) is 54.0 Å². The molecular weight excluding hydrogens is 284 g/mol. The normalized spacial score (nSPS) is 9.95. The molecule has 0 spiro atoms. The number of carbonyl (C=O) groups is 1. The molecular formula is C17H18O5. The van der Waals surface area contributed by atoms with Crippen molar-refractivity contribution >= 4 is 5.97 Å². The maximum absolute atomic E-state index is 11.3. The third-order valence-corrected chi connectivity index (χ3v) is 3.13. The average molecular weight is 302 g/mol. The minimum absolute atomic E-state index is 0.369. The second-order valence-corrected chi connectivity index (χ2v) is 4.49. The summed E-state index contributed by atoms with van der Waals surface area (Å²) in [5.74, 6) is 1.63. The van der Waals surface area contributed by atoms with Gasteiger partial charge in [0, 0.05) is 0 Å². The van der Waals surface area contributed by atoms with Gasteiger partial charge in [0.2, 0.25) is 0 Å². The van der Waals surface area contributed by atoms with E-state index in [4.69, 9.17) is 14.2 Å². The van der Waals surface area contributed by atoms with E-state index in [1.165, 1.54) is 7.11 Å². The molecule has 0 atom stereocenters. The van der Waals surface area contributed by atoms with Crippen molar-refractivity contribution in [3.8, 4) is 17.2 Å². The van der Waals surface area contributed by atoms with Crippen LogP contribution in [-0.4, -0.2) is 27.3 Å². The number of benzene rings is 2. The Morgan fingerprint density at radius 1 is 0.909 bits per heavy atom. The Kier molecular flexibility index (Phi) is 5.25. The van der Waals surface area contributed by atoms with Gasteiger partial charge in [-0.1, -0.05) is 6.07 Å². The lowest BCUT2D eigenvalue weighted by Gasteiger charge is -2.11. The molecule has 0 N–H and O–H groups in total. The smallest absolute Gasteiger partial charge is 0.337 e. The average Bonchev–Trinajstić information content (AvgIpc) is 2.59. The lowest BCUT2D eigenvalue weighted by Crippen LogP contribution is -2.01. The molecule has 5 nitrogen and oxygen atoms in total. The summed E-state index contributed by atoms with van der Waals surface area (Å²) in [6.45, 7) is 0.387. The first kappa shape index (κ1) is 15.7. The molecule has 2 aromatic rings. The van der Waals surface area contributed by atoms with E-state index in [0.717, 1.165) is 5.56 Å². The summed E-state index contributed by atoms with van der Waals surface area (Å²) in [4.78, 5) is 11.3. The Balaban J connectivity index is 2.02. The number of hydrogen-bond donors (Lipinski definition) is 0. The van der Waals surface area contributed by atoms with Crippen LogP contribution in [0.15, 0.2) is 42.5 Å². The third kappa shape index (κ3) is 3.69. The minimum Gasteiger partial charge on any atom is -0.493 e. The molecule has 0 aliphatic rings. The van der Waals surface area contributed by atoms with Crippen LogP contribution in [0.5, 0.6) is 17.2 Å². The van der Waals surface area contributed by atoms with Crippen molar-refractivity contribution in [2.45, 2.75) is 6.61 Å². The van der Waals surface area contributed by atoms with Crippen LogP contribution in [0, 0.1) is 0 Å². The molecule has 2 rings (SSSR count). The molecule has 2 aromatic carbocycles. The predicted octanol–water partition coefficient (Wildman–Crippen LogP) is 3.07. The first-order valence-corrected chi connectivity index (χ1v) is 6.70. The van der Waals surface area contributed by atoms with Gasteiger partial charge >= 0.3 is 5.97 Å². The predicted molar refractivity (Wildman–Crippen MR) is 81.7 cm³/mol. The first-order chi connectivity index (χ1) is 10.7. The molecule has 0 heterocycles. The molecule has 0 bridgehead atoms. The highest BCUT2D eigenvalue weighted by Gasteiger charge is 2.07. The number of hydrogen-bond acceptors (Lipinski definition) is 5. The van der Waals surface area contributed by atoms with E-state index in [1.807, 2.05) is 18.2 Å². The van der Waals surface area contributed by atoms with Crippen LogP contribution in [0.2, 0.25) is 0 Å². The van der Waals surface area contributed by atoms with Crippen LogP contribution >= 0.6 is 0 Å². The molecule has 0 saturated carbocycles. The van der Waals surface area contributed by atoms with Crippen LogP contribution in [0.3, 0.4) is 0 Å². The fraction of sp³-hybridized carbons (Fsp3) is 0.235. The zero-order chi connectivity index (χ0) is 15.9. The zero-order valence-corrected chi connectivity index (χ0v) is 12.8. The van der Waals surface area contributed by atoms with Gasteiger partial charge in [-0.2, -0.15) is 0 Å². The van der Waals surface area contributed by atoms with Crippen LogP contribution in [0.4, 0.5) is 0 Å². The Bertz CT molecular complexity index is 634. The van der Waals surface area contributed by atoms with Crippen molar-refractivity contribution in [1.29, 1.82) is 0 Å². The molecule has 0 aliphatic carbocycles. The molecule has 5 heteroatoms. The van der Waals surface area contributed by atoms with E-state index in [1.54, 1.807) is 38.5 Å². The van der Waals surface area contributed by atoms with Crippen molar-refractivity contribution in [2.75, 3.05) is 21.3 Å². The van der Waals surface area contributed by atoms with E-state index in [0.29, 0.717) is 29.4 Å². The summed E-state index contributed by atoms with van der Waals surface area (Å²) in [6, 6.07) is 12.4. The van der Waals surface area contributed by atoms with Gasteiger partial charge in [-0.3, -0.25) is 0 Å². The van der Waals surface area contributed by atoms with E-state index in [9.17, 15) is 4.79 Å². The highest BCUT2D eigenvalue weighted by atomic mass is 16.5. The van der Waals surface area contributed by atoms with Crippen LogP contribution in [0.1, 0.15) is 15.9 Å². The fourth-order valence-corrected chi connectivity index (χ4v) is 1.94. The van der Waals surface area contributed by atoms with Crippen molar-refractivity contribution < 1.29 is 23.7 Å². The van der Waals surface area contributed by atoms with Gasteiger partial charge in [-0.25, -0.2) is 4.79 Å². The van der Waals surface area contributed by atoms with E-state index in [2.05, 4.69) is 4.74 Å². The third-order valence-electron chi connectivity index (χ3n) is 3.13. The quantitative estimate of drug-likeness (QED) is 0.768. The maximum atomic E-state index is 11.3. The zero-order valence-electron chi connectivity index (χ0n) is 12.8. The SMILES string of the molecule is COC(=O)c1ccc(OCc2ccc(OC)c(OC)c2)cc1. The standard InChI is InChI=1S/C17H18O5/c1-19-15-9-4-12(10-16(15)20-2)11-22-14-7-5-13(6-8-14)17(18)21-3/h4-10H,11H2,1-3H3. The number of methoxy groups -OCH3 is 3. The van der Waals surface area contributed by atoms with Crippen molar-refractivity contribution in [3.63, 3.8) is 0 Å². The molecule has 0 amide bonds. The van der Waals surface area contributed by atoms with Gasteiger partial charge in [0.25, 0.3) is 0 Å². The van der Waals surface area contributed by atoms with Gasteiger partial charge in [-0.15, -0.1) is 0 Å².